The van der Waals surface area contributed by atoms with Gasteiger partial charge in [0, 0.05) is 0 Å². The van der Waals surface area contributed by atoms with Crippen LogP contribution in [0.5, 0.6) is 0 Å². The summed E-state index contributed by atoms with van der Waals surface area (Å²) in [5, 5.41) is 3.07. The van der Waals surface area contributed by atoms with E-state index >= 15 is 0 Å². The summed E-state index contributed by atoms with van der Waals surface area (Å²) in [4.78, 5) is 11.0. The van der Waals surface area contributed by atoms with E-state index in [1.165, 1.54) is 5.56 Å². The molecule has 0 saturated heterocycles. The van der Waals surface area contributed by atoms with Crippen LogP contribution in [0.2, 0.25) is 0 Å². The first-order chi connectivity index (χ1) is 10.8. The Bertz CT molecular complexity index is 459. The number of carbonyl (C=O) groups is 1. The van der Waals surface area contributed by atoms with Crippen LogP contribution in [0.15, 0.2) is 66.7 Å². The van der Waals surface area contributed by atoms with Crippen molar-refractivity contribution >= 4 is 5.97 Å². The maximum absolute atomic E-state index is 11.0. The predicted molar refractivity (Wildman–Crippen MR) is 90.7 cm³/mol. The second-order valence-electron chi connectivity index (χ2n) is 4.73. The highest BCUT2D eigenvalue weighted by Crippen LogP contribution is 2.01. The van der Waals surface area contributed by atoms with Crippen molar-refractivity contribution < 1.29 is 9.53 Å². The van der Waals surface area contributed by atoms with Gasteiger partial charge in [0.15, 0.2) is 0 Å². The molecule has 2 aromatic rings. The largest absolute Gasteiger partial charge is 0.465 e. The normalized spacial score (nSPS) is 9.50. The van der Waals surface area contributed by atoms with Crippen LogP contribution in [0, 0.1) is 0 Å². The quantitative estimate of drug-likeness (QED) is 0.628. The zero-order valence-corrected chi connectivity index (χ0v) is 13.2. The van der Waals surface area contributed by atoms with E-state index in [0.717, 1.165) is 19.4 Å². The van der Waals surface area contributed by atoms with Gasteiger partial charge in [-0.1, -0.05) is 66.7 Å². The highest BCUT2D eigenvalue weighted by molar-refractivity contribution is 5.71. The fourth-order valence-corrected chi connectivity index (χ4v) is 1.85. The van der Waals surface area contributed by atoms with Gasteiger partial charge >= 0.3 is 5.97 Å². The minimum atomic E-state index is -0.179. The number of hydrogen-bond donors (Lipinski definition) is 1. The zero-order valence-electron chi connectivity index (χ0n) is 13.2. The van der Waals surface area contributed by atoms with Gasteiger partial charge in [0.2, 0.25) is 0 Å². The summed E-state index contributed by atoms with van der Waals surface area (Å²) in [5.41, 5.74) is 1.33. The van der Waals surface area contributed by atoms with Gasteiger partial charge in [-0.15, -0.1) is 0 Å². The molecule has 22 heavy (non-hydrogen) atoms. The van der Waals surface area contributed by atoms with Crippen molar-refractivity contribution in [3.63, 3.8) is 0 Å². The highest BCUT2D eigenvalue weighted by Gasteiger charge is 1.99. The van der Waals surface area contributed by atoms with Crippen molar-refractivity contribution in [2.45, 2.75) is 19.8 Å². The van der Waals surface area contributed by atoms with E-state index in [4.69, 9.17) is 4.74 Å². The fraction of sp³-hybridized carbons (Fsp3) is 0.316. The van der Waals surface area contributed by atoms with E-state index in [1.54, 1.807) is 0 Å². The van der Waals surface area contributed by atoms with Crippen LogP contribution in [0.4, 0.5) is 0 Å². The van der Waals surface area contributed by atoms with E-state index in [-0.39, 0.29) is 5.97 Å². The molecule has 0 aliphatic heterocycles. The Labute approximate surface area is 133 Å². The first-order valence-electron chi connectivity index (χ1n) is 7.73. The third-order valence-electron chi connectivity index (χ3n) is 2.90. The van der Waals surface area contributed by atoms with Gasteiger partial charge in [0.1, 0.15) is 0 Å². The highest BCUT2D eigenvalue weighted by atomic mass is 16.5. The second kappa shape index (κ2) is 12.6. The van der Waals surface area contributed by atoms with Crippen molar-refractivity contribution in [1.82, 2.24) is 5.32 Å². The van der Waals surface area contributed by atoms with Crippen molar-refractivity contribution in [3.8, 4) is 0 Å². The average molecular weight is 299 g/mol. The number of benzene rings is 2. The summed E-state index contributed by atoms with van der Waals surface area (Å²) in [6, 6.07) is 22.3. The molecule has 0 radical (unpaired) electrons. The van der Waals surface area contributed by atoms with Crippen molar-refractivity contribution in [1.29, 1.82) is 0 Å². The van der Waals surface area contributed by atoms with Crippen molar-refractivity contribution in [3.05, 3.63) is 72.3 Å². The molecule has 0 heterocycles. The van der Waals surface area contributed by atoms with Crippen LogP contribution in [0.25, 0.3) is 0 Å². The minimum Gasteiger partial charge on any atom is -0.465 e. The van der Waals surface area contributed by atoms with Crippen molar-refractivity contribution in [2.75, 3.05) is 19.7 Å². The third kappa shape index (κ3) is 9.72. The summed E-state index contributed by atoms with van der Waals surface area (Å²) in [6.07, 6.45) is 2.07. The molecule has 0 aromatic heterocycles. The van der Waals surface area contributed by atoms with Gasteiger partial charge in [-0.2, -0.15) is 0 Å². The molecule has 0 saturated carbocycles. The second-order valence-corrected chi connectivity index (χ2v) is 4.73. The molecule has 0 fully saturated rings. The summed E-state index contributed by atoms with van der Waals surface area (Å²) >= 11 is 0. The van der Waals surface area contributed by atoms with Gasteiger partial charge in [0.05, 0.1) is 13.2 Å². The number of carbonyl (C=O) groups excluding carboxylic acids is 1. The van der Waals surface area contributed by atoms with E-state index in [1.807, 2.05) is 61.5 Å². The van der Waals surface area contributed by atoms with Crippen LogP contribution in [0.3, 0.4) is 0 Å². The van der Waals surface area contributed by atoms with Crippen LogP contribution in [-0.2, 0) is 16.0 Å². The summed E-state index contributed by atoms with van der Waals surface area (Å²) in [6.45, 7) is 3.41. The third-order valence-corrected chi connectivity index (χ3v) is 2.90. The first kappa shape index (κ1) is 17.9. The fourth-order valence-electron chi connectivity index (χ4n) is 1.85. The average Bonchev–Trinajstić information content (AvgIpc) is 2.58. The Morgan fingerprint density at radius 2 is 1.50 bits per heavy atom. The molecule has 2 rings (SSSR count). The smallest absolute Gasteiger partial charge is 0.319 e. The molecule has 1 N–H and O–H groups in total. The van der Waals surface area contributed by atoms with Gasteiger partial charge in [0.25, 0.3) is 0 Å². The number of aryl methyl sites for hydroxylation is 1. The molecule has 0 unspecified atom stereocenters. The molecule has 3 nitrogen and oxygen atoms in total. The topological polar surface area (TPSA) is 38.3 Å². The molecular formula is C19H25NO2. The summed E-state index contributed by atoms with van der Waals surface area (Å²) in [5.74, 6) is -0.179. The Kier molecular flexibility index (Phi) is 10.3. The SMILES string of the molecule is CCOC(=O)CNCCCc1ccccc1.c1ccccc1. The molecule has 2 aromatic carbocycles. The molecule has 0 atom stereocenters. The summed E-state index contributed by atoms with van der Waals surface area (Å²) in [7, 11) is 0. The molecule has 3 heteroatoms. The monoisotopic (exact) mass is 299 g/mol. The zero-order chi connectivity index (χ0) is 15.9. The van der Waals surface area contributed by atoms with Crippen LogP contribution in [0.1, 0.15) is 18.9 Å². The van der Waals surface area contributed by atoms with Crippen LogP contribution >= 0.6 is 0 Å². The molecule has 0 spiro atoms. The van der Waals surface area contributed by atoms with E-state index in [2.05, 4.69) is 17.4 Å². The first-order valence-corrected chi connectivity index (χ1v) is 7.73. The lowest BCUT2D eigenvalue weighted by molar-refractivity contribution is -0.141. The standard InChI is InChI=1S/C13H19NO2.C6H6/c1-2-16-13(15)11-14-10-6-9-12-7-4-3-5-8-12;1-2-4-6-5-3-1/h3-5,7-8,14H,2,6,9-11H2,1H3;1-6H. The van der Waals surface area contributed by atoms with Gasteiger partial charge in [-0.05, 0) is 31.9 Å². The maximum atomic E-state index is 11.0. The van der Waals surface area contributed by atoms with Crippen LogP contribution in [-0.4, -0.2) is 25.7 Å². The Morgan fingerprint density at radius 3 is 2.05 bits per heavy atom. The summed E-state index contributed by atoms with van der Waals surface area (Å²) < 4.78 is 4.81. The molecule has 118 valence electrons. The Morgan fingerprint density at radius 1 is 0.955 bits per heavy atom. The number of hydrogen-bond acceptors (Lipinski definition) is 3. The van der Waals surface area contributed by atoms with E-state index in [9.17, 15) is 4.79 Å². The molecule has 0 bridgehead atoms. The molecule has 0 aliphatic carbocycles. The van der Waals surface area contributed by atoms with Crippen molar-refractivity contribution in [2.24, 2.45) is 0 Å². The Hall–Kier alpha value is -2.13. The predicted octanol–water partition coefficient (Wildman–Crippen LogP) is 3.46. The lowest BCUT2D eigenvalue weighted by atomic mass is 10.1. The number of esters is 1. The lowest BCUT2D eigenvalue weighted by Crippen LogP contribution is -2.25. The van der Waals surface area contributed by atoms with Crippen LogP contribution < -0.4 is 5.32 Å². The van der Waals surface area contributed by atoms with Gasteiger partial charge in [-0.25, -0.2) is 0 Å². The minimum absolute atomic E-state index is 0.179. The molecule has 0 aliphatic rings. The van der Waals surface area contributed by atoms with Gasteiger partial charge < -0.3 is 10.1 Å². The lowest BCUT2D eigenvalue weighted by Gasteiger charge is -2.04. The number of rotatable bonds is 7. The maximum Gasteiger partial charge on any atom is 0.319 e. The number of nitrogens with one attached hydrogen (secondary N) is 1. The molecule has 0 amide bonds. The van der Waals surface area contributed by atoms with E-state index in [0.29, 0.717) is 13.2 Å². The van der Waals surface area contributed by atoms with E-state index < -0.39 is 0 Å². The number of ether oxygens (including phenoxy) is 1. The molecular weight excluding hydrogens is 274 g/mol. The Balaban J connectivity index is 0.000000335. The van der Waals surface area contributed by atoms with Gasteiger partial charge in [-0.3, -0.25) is 4.79 Å².